The van der Waals surface area contributed by atoms with Gasteiger partial charge in [-0.1, -0.05) is 44.2 Å². The van der Waals surface area contributed by atoms with Gasteiger partial charge < -0.3 is 9.84 Å². The molecule has 0 bridgehead atoms. The summed E-state index contributed by atoms with van der Waals surface area (Å²) in [7, 11) is 0. The molecule has 0 saturated carbocycles. The molecular formula is C14H19ClO3. The predicted octanol–water partition coefficient (Wildman–Crippen LogP) is 2.70. The second-order valence-corrected chi connectivity index (χ2v) is 5.07. The van der Waals surface area contributed by atoms with Crippen LogP contribution in [0.3, 0.4) is 0 Å². The van der Waals surface area contributed by atoms with Gasteiger partial charge in [0.05, 0.1) is 6.61 Å². The van der Waals surface area contributed by atoms with Crippen molar-refractivity contribution in [3.63, 3.8) is 0 Å². The Morgan fingerprint density at radius 1 is 1.39 bits per heavy atom. The van der Waals surface area contributed by atoms with Gasteiger partial charge in [-0.3, -0.25) is 0 Å². The number of ether oxygens (including phenoxy) is 1. The van der Waals surface area contributed by atoms with E-state index in [1.807, 2.05) is 32.0 Å². The van der Waals surface area contributed by atoms with Crippen molar-refractivity contribution in [3.8, 4) is 0 Å². The van der Waals surface area contributed by atoms with Crippen molar-refractivity contribution in [3.05, 3.63) is 35.9 Å². The lowest BCUT2D eigenvalue weighted by Crippen LogP contribution is -2.45. The number of benzene rings is 1. The molecular weight excluding hydrogens is 252 g/mol. The highest BCUT2D eigenvalue weighted by molar-refractivity contribution is 6.26. The zero-order valence-electron chi connectivity index (χ0n) is 10.9. The molecule has 0 unspecified atom stereocenters. The number of aliphatic hydroxyl groups is 1. The first-order chi connectivity index (χ1) is 8.44. The Hall–Kier alpha value is -1.06. The van der Waals surface area contributed by atoms with Crippen molar-refractivity contribution < 1.29 is 14.6 Å². The number of carbonyl (C=O) groups excluding carboxylic acids is 1. The fourth-order valence-electron chi connectivity index (χ4n) is 1.89. The summed E-state index contributed by atoms with van der Waals surface area (Å²) < 4.78 is 4.85. The maximum absolute atomic E-state index is 11.7. The molecule has 0 saturated heterocycles. The first-order valence-corrected chi connectivity index (χ1v) is 6.41. The maximum atomic E-state index is 11.7. The van der Waals surface area contributed by atoms with Gasteiger partial charge in [0.25, 0.3) is 0 Å². The normalized spacial score (nSPS) is 16.1. The number of rotatable bonds is 5. The number of carbonyl (C=O) groups is 1. The summed E-state index contributed by atoms with van der Waals surface area (Å²) in [6.45, 7) is 5.64. The summed E-state index contributed by atoms with van der Waals surface area (Å²) in [5, 5.41) is 10.2. The molecule has 4 heteroatoms. The molecule has 0 spiro atoms. The molecule has 0 aliphatic rings. The number of esters is 1. The molecule has 1 aromatic carbocycles. The van der Waals surface area contributed by atoms with E-state index in [9.17, 15) is 9.90 Å². The third kappa shape index (κ3) is 2.85. The van der Waals surface area contributed by atoms with Crippen molar-refractivity contribution >= 4 is 17.6 Å². The molecule has 0 heterocycles. The first-order valence-electron chi connectivity index (χ1n) is 6.03. The SMILES string of the molecule is CCOC(=O)[C@@H](O)[C@@](Cl)(c1ccccc1)C(C)C. The van der Waals surface area contributed by atoms with Crippen LogP contribution < -0.4 is 0 Å². The quantitative estimate of drug-likeness (QED) is 0.661. The van der Waals surface area contributed by atoms with Crippen LogP contribution in [0.25, 0.3) is 0 Å². The van der Waals surface area contributed by atoms with Crippen LogP contribution in [0, 0.1) is 5.92 Å². The Labute approximate surface area is 113 Å². The Balaban J connectivity index is 3.12. The van der Waals surface area contributed by atoms with E-state index < -0.39 is 16.9 Å². The topological polar surface area (TPSA) is 46.5 Å². The van der Waals surface area contributed by atoms with Crippen LogP contribution in [0.2, 0.25) is 0 Å². The van der Waals surface area contributed by atoms with Crippen LogP contribution in [-0.2, 0) is 14.4 Å². The largest absolute Gasteiger partial charge is 0.464 e. The molecule has 100 valence electrons. The van der Waals surface area contributed by atoms with Crippen LogP contribution in [-0.4, -0.2) is 23.8 Å². The van der Waals surface area contributed by atoms with Crippen molar-refractivity contribution in [1.29, 1.82) is 0 Å². The highest BCUT2D eigenvalue weighted by atomic mass is 35.5. The third-order valence-corrected chi connectivity index (χ3v) is 3.83. The van der Waals surface area contributed by atoms with Gasteiger partial charge in [-0.25, -0.2) is 4.79 Å². The van der Waals surface area contributed by atoms with E-state index in [-0.39, 0.29) is 12.5 Å². The lowest BCUT2D eigenvalue weighted by Gasteiger charge is -2.34. The summed E-state index contributed by atoms with van der Waals surface area (Å²) in [4.78, 5) is 10.5. The van der Waals surface area contributed by atoms with Gasteiger partial charge in [0.2, 0.25) is 0 Å². The number of hydrogen-bond acceptors (Lipinski definition) is 3. The molecule has 1 N–H and O–H groups in total. The molecule has 0 amide bonds. The first kappa shape index (κ1) is 15.0. The van der Waals surface area contributed by atoms with E-state index in [1.165, 1.54) is 0 Å². The van der Waals surface area contributed by atoms with Gasteiger partial charge in [-0.2, -0.15) is 0 Å². The number of halogens is 1. The molecule has 0 aliphatic carbocycles. The van der Waals surface area contributed by atoms with E-state index in [2.05, 4.69) is 0 Å². The highest BCUT2D eigenvalue weighted by Crippen LogP contribution is 2.40. The summed E-state index contributed by atoms with van der Waals surface area (Å²) in [6.07, 6.45) is -1.39. The van der Waals surface area contributed by atoms with Crippen LogP contribution in [0.4, 0.5) is 0 Å². The molecule has 0 aliphatic heterocycles. The van der Waals surface area contributed by atoms with Crippen molar-refractivity contribution in [1.82, 2.24) is 0 Å². The zero-order chi connectivity index (χ0) is 13.8. The van der Waals surface area contributed by atoms with Gasteiger partial charge >= 0.3 is 5.97 Å². The summed E-state index contributed by atoms with van der Waals surface area (Å²) >= 11 is 6.53. The Morgan fingerprint density at radius 3 is 2.39 bits per heavy atom. The molecule has 0 aromatic heterocycles. The fraction of sp³-hybridized carbons (Fsp3) is 0.500. The molecule has 18 heavy (non-hydrogen) atoms. The third-order valence-electron chi connectivity index (χ3n) is 2.96. The standard InChI is InChI=1S/C14H19ClO3/c1-4-18-13(17)12(16)14(15,10(2)3)11-8-6-5-7-9-11/h5-10,12,16H,4H2,1-3H3/t12-,14+/m1/s1. The zero-order valence-corrected chi connectivity index (χ0v) is 11.6. The summed E-state index contributed by atoms with van der Waals surface area (Å²) in [6, 6.07) is 9.11. The summed E-state index contributed by atoms with van der Waals surface area (Å²) in [5.41, 5.74) is 0.710. The van der Waals surface area contributed by atoms with Gasteiger partial charge in [0, 0.05) is 0 Å². The lowest BCUT2D eigenvalue weighted by atomic mass is 9.83. The smallest absolute Gasteiger partial charge is 0.337 e. The van der Waals surface area contributed by atoms with Gasteiger partial charge in [-0.05, 0) is 18.4 Å². The van der Waals surface area contributed by atoms with E-state index in [0.29, 0.717) is 5.56 Å². The molecule has 1 aromatic rings. The Morgan fingerprint density at radius 2 is 1.94 bits per heavy atom. The number of alkyl halides is 1. The predicted molar refractivity (Wildman–Crippen MR) is 71.5 cm³/mol. The minimum Gasteiger partial charge on any atom is -0.464 e. The maximum Gasteiger partial charge on any atom is 0.337 e. The Kier molecular flexibility index (Phi) is 5.17. The van der Waals surface area contributed by atoms with Crippen molar-refractivity contribution in [2.75, 3.05) is 6.61 Å². The second kappa shape index (κ2) is 6.21. The van der Waals surface area contributed by atoms with Crippen LogP contribution in [0.1, 0.15) is 26.3 Å². The number of hydrogen-bond donors (Lipinski definition) is 1. The fourth-order valence-corrected chi connectivity index (χ4v) is 2.11. The average molecular weight is 271 g/mol. The van der Waals surface area contributed by atoms with Gasteiger partial charge in [0.15, 0.2) is 6.10 Å². The van der Waals surface area contributed by atoms with Crippen LogP contribution in [0.5, 0.6) is 0 Å². The highest BCUT2D eigenvalue weighted by Gasteiger charge is 2.45. The molecule has 0 fully saturated rings. The van der Waals surface area contributed by atoms with E-state index in [1.54, 1.807) is 19.1 Å². The van der Waals surface area contributed by atoms with Gasteiger partial charge in [-0.15, -0.1) is 11.6 Å². The molecule has 3 nitrogen and oxygen atoms in total. The van der Waals surface area contributed by atoms with E-state index in [0.717, 1.165) is 0 Å². The molecule has 2 atom stereocenters. The van der Waals surface area contributed by atoms with Crippen molar-refractivity contribution in [2.24, 2.45) is 5.92 Å². The monoisotopic (exact) mass is 270 g/mol. The van der Waals surface area contributed by atoms with Crippen LogP contribution in [0.15, 0.2) is 30.3 Å². The second-order valence-electron chi connectivity index (χ2n) is 4.44. The lowest BCUT2D eigenvalue weighted by molar-refractivity contribution is -0.156. The van der Waals surface area contributed by atoms with E-state index >= 15 is 0 Å². The van der Waals surface area contributed by atoms with Gasteiger partial charge in [0.1, 0.15) is 4.87 Å². The number of aliphatic hydroxyl groups excluding tert-OH is 1. The Bertz CT molecular complexity index is 391. The molecule has 0 radical (unpaired) electrons. The average Bonchev–Trinajstić information content (AvgIpc) is 2.38. The minimum atomic E-state index is -1.39. The van der Waals surface area contributed by atoms with Crippen LogP contribution >= 0.6 is 11.6 Å². The van der Waals surface area contributed by atoms with E-state index in [4.69, 9.17) is 16.3 Å². The van der Waals surface area contributed by atoms with Crippen molar-refractivity contribution in [2.45, 2.75) is 31.7 Å². The minimum absolute atomic E-state index is 0.124. The molecule has 1 rings (SSSR count). The summed E-state index contributed by atoms with van der Waals surface area (Å²) in [5.74, 6) is -0.814.